The van der Waals surface area contributed by atoms with Gasteiger partial charge in [0.1, 0.15) is 0 Å². The molecule has 0 unspecified atom stereocenters. The van der Waals surface area contributed by atoms with E-state index in [1.807, 2.05) is 12.1 Å². The third-order valence-corrected chi connectivity index (χ3v) is 7.84. The van der Waals surface area contributed by atoms with E-state index in [0.29, 0.717) is 13.1 Å². The quantitative estimate of drug-likeness (QED) is 0.766. The van der Waals surface area contributed by atoms with Gasteiger partial charge >= 0.3 is 0 Å². The van der Waals surface area contributed by atoms with Crippen LogP contribution in [0.4, 0.5) is 0 Å². The fourth-order valence-electron chi connectivity index (χ4n) is 4.42. The summed E-state index contributed by atoms with van der Waals surface area (Å²) in [5.74, 6) is 6.64. The van der Waals surface area contributed by atoms with Crippen LogP contribution in [0, 0.1) is 11.8 Å². The van der Waals surface area contributed by atoms with E-state index in [2.05, 4.69) is 35.8 Å². The van der Waals surface area contributed by atoms with Gasteiger partial charge < -0.3 is 5.11 Å². The Kier molecular flexibility index (Phi) is 7.16. The first-order valence-corrected chi connectivity index (χ1v) is 12.1. The first-order valence-electron chi connectivity index (χ1n) is 10.4. The number of aliphatic hydroxyl groups is 1. The van der Waals surface area contributed by atoms with Crippen LogP contribution in [0.25, 0.3) is 0 Å². The van der Waals surface area contributed by atoms with Crippen LogP contribution in [-0.4, -0.2) is 66.8 Å². The maximum Gasteiger partial charge on any atom is 0.213 e. The van der Waals surface area contributed by atoms with Crippen LogP contribution in [0.2, 0.25) is 0 Å². The average Bonchev–Trinajstić information content (AvgIpc) is 2.68. The van der Waals surface area contributed by atoms with E-state index in [0.717, 1.165) is 43.4 Å². The standard InChI is InChI=1S/C22H32N2O3S/c1-3-5-6-9-18-10-12-19(13-11-18)22-20-16-23(28(26,27)4-2)14-7-8-15-24(20)21(22)17-25/h10-13,20-22,25H,3-5,7-8,14-17H2,1-2H3/t20-,21-,22-/m1/s1. The Hall–Kier alpha value is -1.39. The molecule has 0 bridgehead atoms. The van der Waals surface area contributed by atoms with Gasteiger partial charge in [-0.25, -0.2) is 12.7 Å². The SMILES string of the molecule is CCCC#Cc1ccc([C@H]2[C@@H](CO)N3CCCCN(S(=O)(=O)CC)C[C@H]23)cc1. The number of unbranched alkanes of at least 4 members (excludes halogenated alkanes) is 1. The molecule has 0 amide bonds. The summed E-state index contributed by atoms with van der Waals surface area (Å²) in [5, 5.41) is 9.99. The molecule has 5 nitrogen and oxygen atoms in total. The van der Waals surface area contributed by atoms with Gasteiger partial charge in [0.15, 0.2) is 0 Å². The van der Waals surface area contributed by atoms with Crippen LogP contribution in [0.3, 0.4) is 0 Å². The average molecular weight is 405 g/mol. The van der Waals surface area contributed by atoms with Crippen LogP contribution in [0.1, 0.15) is 56.6 Å². The lowest BCUT2D eigenvalue weighted by atomic mass is 9.74. The molecule has 0 radical (unpaired) electrons. The van der Waals surface area contributed by atoms with Gasteiger partial charge in [-0.15, -0.1) is 0 Å². The Bertz CT molecular complexity index is 810. The second-order valence-corrected chi connectivity index (χ2v) is 9.98. The highest BCUT2D eigenvalue weighted by Gasteiger charge is 2.49. The van der Waals surface area contributed by atoms with Gasteiger partial charge in [0.25, 0.3) is 0 Å². The van der Waals surface area contributed by atoms with Crippen LogP contribution in [0.5, 0.6) is 0 Å². The number of benzene rings is 1. The minimum absolute atomic E-state index is 0.0614. The smallest absolute Gasteiger partial charge is 0.213 e. The van der Waals surface area contributed by atoms with E-state index in [9.17, 15) is 13.5 Å². The van der Waals surface area contributed by atoms with Crippen molar-refractivity contribution in [2.45, 2.75) is 57.5 Å². The second-order valence-electron chi connectivity index (χ2n) is 7.72. The predicted molar refractivity (Wildman–Crippen MR) is 113 cm³/mol. The number of nitrogens with zero attached hydrogens (tertiary/aromatic N) is 2. The van der Waals surface area contributed by atoms with E-state index in [1.54, 1.807) is 11.2 Å². The molecule has 1 aromatic rings. The lowest BCUT2D eigenvalue weighted by molar-refractivity contribution is -0.0553. The molecule has 1 aromatic carbocycles. The zero-order valence-corrected chi connectivity index (χ0v) is 17.8. The third-order valence-electron chi connectivity index (χ3n) is 5.99. The lowest BCUT2D eigenvalue weighted by Gasteiger charge is -2.57. The largest absolute Gasteiger partial charge is 0.395 e. The van der Waals surface area contributed by atoms with E-state index < -0.39 is 10.0 Å². The highest BCUT2D eigenvalue weighted by molar-refractivity contribution is 7.89. The number of rotatable bonds is 5. The zero-order valence-electron chi connectivity index (χ0n) is 17.0. The van der Waals surface area contributed by atoms with Crippen LogP contribution >= 0.6 is 0 Å². The van der Waals surface area contributed by atoms with E-state index in [1.165, 1.54) is 0 Å². The maximum absolute atomic E-state index is 12.5. The fraction of sp³-hybridized carbons (Fsp3) is 0.636. The van der Waals surface area contributed by atoms with Gasteiger partial charge in [0.2, 0.25) is 10.0 Å². The van der Waals surface area contributed by atoms with E-state index in [4.69, 9.17) is 0 Å². The summed E-state index contributed by atoms with van der Waals surface area (Å²) in [7, 11) is -3.21. The summed E-state index contributed by atoms with van der Waals surface area (Å²) in [4.78, 5) is 2.30. The number of hydrogen-bond donors (Lipinski definition) is 1. The van der Waals surface area contributed by atoms with Crippen LogP contribution in [-0.2, 0) is 10.0 Å². The topological polar surface area (TPSA) is 60.9 Å². The third kappa shape index (κ3) is 4.44. The number of aliphatic hydroxyl groups excluding tert-OH is 1. The summed E-state index contributed by atoms with van der Waals surface area (Å²) < 4.78 is 26.7. The van der Waals surface area contributed by atoms with E-state index in [-0.39, 0.29) is 30.4 Å². The summed E-state index contributed by atoms with van der Waals surface area (Å²) in [6.45, 7) is 5.95. The van der Waals surface area contributed by atoms with Crippen molar-refractivity contribution in [3.8, 4) is 11.8 Å². The Balaban J connectivity index is 1.82. The molecule has 0 aliphatic carbocycles. The van der Waals surface area contributed by atoms with Gasteiger partial charge in [-0.3, -0.25) is 4.90 Å². The summed E-state index contributed by atoms with van der Waals surface area (Å²) >= 11 is 0. The Morgan fingerprint density at radius 3 is 2.50 bits per heavy atom. The monoisotopic (exact) mass is 404 g/mol. The molecular weight excluding hydrogens is 372 g/mol. The van der Waals surface area contributed by atoms with Crippen molar-refractivity contribution in [1.82, 2.24) is 9.21 Å². The molecule has 1 N–H and O–H groups in total. The molecule has 3 atom stereocenters. The first-order chi connectivity index (χ1) is 13.5. The molecule has 6 heteroatoms. The maximum atomic E-state index is 12.5. The highest BCUT2D eigenvalue weighted by atomic mass is 32.2. The van der Waals surface area contributed by atoms with Gasteiger partial charge in [0, 0.05) is 43.1 Å². The van der Waals surface area contributed by atoms with Crippen molar-refractivity contribution in [2.24, 2.45) is 0 Å². The van der Waals surface area contributed by atoms with Crippen LogP contribution in [0.15, 0.2) is 24.3 Å². The van der Waals surface area contributed by atoms with Gasteiger partial charge in [-0.1, -0.05) is 30.9 Å². The Morgan fingerprint density at radius 2 is 1.86 bits per heavy atom. The molecule has 2 aliphatic heterocycles. The summed E-state index contributed by atoms with van der Waals surface area (Å²) in [6, 6.07) is 8.45. The molecule has 2 saturated heterocycles. The molecule has 3 rings (SSSR count). The summed E-state index contributed by atoms with van der Waals surface area (Å²) in [6.07, 6.45) is 3.79. The lowest BCUT2D eigenvalue weighted by Crippen LogP contribution is -2.67. The van der Waals surface area contributed by atoms with Gasteiger partial charge in [0.05, 0.1) is 12.4 Å². The molecule has 2 aliphatic rings. The fourth-order valence-corrected chi connectivity index (χ4v) is 5.57. The van der Waals surface area contributed by atoms with Crippen molar-refractivity contribution < 1.29 is 13.5 Å². The zero-order chi connectivity index (χ0) is 20.1. The summed E-state index contributed by atoms with van der Waals surface area (Å²) in [5.41, 5.74) is 2.16. The number of fused-ring (bicyclic) bond motifs is 1. The normalized spacial score (nSPS) is 26.3. The molecule has 0 saturated carbocycles. The minimum Gasteiger partial charge on any atom is -0.395 e. The van der Waals surface area contributed by atoms with Gasteiger partial charge in [-0.2, -0.15) is 0 Å². The Labute approximate surface area is 169 Å². The first kappa shape index (κ1) is 21.3. The molecule has 28 heavy (non-hydrogen) atoms. The molecule has 2 heterocycles. The number of sulfonamides is 1. The van der Waals surface area contributed by atoms with Gasteiger partial charge in [-0.05, 0) is 50.4 Å². The van der Waals surface area contributed by atoms with Crippen molar-refractivity contribution in [1.29, 1.82) is 0 Å². The van der Waals surface area contributed by atoms with Crippen molar-refractivity contribution >= 4 is 10.0 Å². The molecule has 2 fully saturated rings. The molecule has 0 aromatic heterocycles. The Morgan fingerprint density at radius 1 is 1.14 bits per heavy atom. The van der Waals surface area contributed by atoms with Crippen LogP contribution < -0.4 is 0 Å². The molecular formula is C22H32N2O3S. The van der Waals surface area contributed by atoms with Crippen molar-refractivity contribution in [3.63, 3.8) is 0 Å². The highest BCUT2D eigenvalue weighted by Crippen LogP contribution is 2.42. The number of hydrogen-bond acceptors (Lipinski definition) is 4. The molecule has 154 valence electrons. The minimum atomic E-state index is -3.21. The van der Waals surface area contributed by atoms with Crippen molar-refractivity contribution in [3.05, 3.63) is 35.4 Å². The molecule has 0 spiro atoms. The van der Waals surface area contributed by atoms with Crippen molar-refractivity contribution in [2.75, 3.05) is 32.0 Å². The second kappa shape index (κ2) is 9.41. The predicted octanol–water partition coefficient (Wildman–Crippen LogP) is 2.41. The van der Waals surface area contributed by atoms with E-state index >= 15 is 0 Å².